The molecule has 1 rings (SSSR count). The third-order valence-electron chi connectivity index (χ3n) is 3.48. The molecular formula is C16H23BrO3. The van der Waals surface area contributed by atoms with Crippen molar-refractivity contribution < 1.29 is 14.6 Å². The molecule has 1 aliphatic carbocycles. The molecule has 0 saturated heterocycles. The molecule has 0 aromatic heterocycles. The summed E-state index contributed by atoms with van der Waals surface area (Å²) in [4.78, 5) is 10.6. The average Bonchev–Trinajstić information content (AvgIpc) is 2.43. The monoisotopic (exact) mass is 342 g/mol. The third-order valence-corrected chi connectivity index (χ3v) is 4.21. The summed E-state index contributed by atoms with van der Waals surface area (Å²) >= 11 is 3.47. The van der Waals surface area contributed by atoms with E-state index >= 15 is 0 Å². The Hall–Kier alpha value is -0.790. The molecule has 0 radical (unpaired) electrons. The van der Waals surface area contributed by atoms with Crippen molar-refractivity contribution in [3.63, 3.8) is 0 Å². The Bertz CT molecular complexity index is 400. The Labute approximate surface area is 129 Å². The number of allylic oxidation sites excluding steroid dienone is 1. The average molecular weight is 343 g/mol. The minimum absolute atomic E-state index is 0.0797. The van der Waals surface area contributed by atoms with E-state index in [9.17, 15) is 9.90 Å². The topological polar surface area (TPSA) is 46.5 Å². The first kappa shape index (κ1) is 17.3. The van der Waals surface area contributed by atoms with E-state index in [0.717, 1.165) is 4.48 Å². The number of carbonyl (C=O) groups excluding carboxylic acids is 1. The lowest BCUT2D eigenvalue weighted by atomic mass is 9.88. The molecule has 0 bridgehead atoms. The van der Waals surface area contributed by atoms with E-state index in [1.165, 1.54) is 39.0 Å². The highest BCUT2D eigenvalue weighted by molar-refractivity contribution is 9.11. The maximum absolute atomic E-state index is 10.6. The molecule has 1 aliphatic rings. The van der Waals surface area contributed by atoms with Crippen molar-refractivity contribution in [3.05, 3.63) is 10.6 Å². The van der Waals surface area contributed by atoms with Gasteiger partial charge in [0.25, 0.3) is 0 Å². The molecule has 1 N–H and O–H groups in total. The van der Waals surface area contributed by atoms with Gasteiger partial charge in [-0.3, -0.25) is 4.79 Å². The second kappa shape index (κ2) is 9.20. The van der Waals surface area contributed by atoms with Crippen LogP contribution >= 0.6 is 15.9 Å². The van der Waals surface area contributed by atoms with Crippen LogP contribution in [0, 0.1) is 23.7 Å². The predicted molar refractivity (Wildman–Crippen MR) is 83.2 cm³/mol. The van der Waals surface area contributed by atoms with Crippen molar-refractivity contribution >= 4 is 21.9 Å². The standard InChI is InChI=1S/C16H23BrO3/c1-12(7-6-10-20-13(2)18)16(19)15(17)11-14-8-4-3-5-9-14/h11-12,14,16,19H,3-5,8-10H2,1-2H3/b15-11-/t12-,16?/m1/s1. The Balaban J connectivity index is 2.47. The van der Waals surface area contributed by atoms with Gasteiger partial charge in [0.2, 0.25) is 0 Å². The lowest BCUT2D eigenvalue weighted by Gasteiger charge is -2.20. The summed E-state index contributed by atoms with van der Waals surface area (Å²) in [7, 11) is 0. The molecule has 0 aromatic rings. The van der Waals surface area contributed by atoms with Crippen molar-refractivity contribution in [2.75, 3.05) is 6.61 Å². The van der Waals surface area contributed by atoms with Crippen LogP contribution in [0.5, 0.6) is 0 Å². The van der Waals surface area contributed by atoms with Crippen molar-refractivity contribution in [1.29, 1.82) is 0 Å². The van der Waals surface area contributed by atoms with Crippen LogP contribution in [0.1, 0.15) is 46.0 Å². The largest absolute Gasteiger partial charge is 0.453 e. The van der Waals surface area contributed by atoms with E-state index in [2.05, 4.69) is 33.8 Å². The van der Waals surface area contributed by atoms with Gasteiger partial charge in [-0.15, -0.1) is 0 Å². The molecule has 4 heteroatoms. The third kappa shape index (κ3) is 6.58. The Kier molecular flexibility index (Phi) is 7.94. The molecular weight excluding hydrogens is 320 g/mol. The van der Waals surface area contributed by atoms with Crippen molar-refractivity contribution in [2.45, 2.75) is 52.1 Å². The number of aliphatic hydroxyl groups is 1. The minimum atomic E-state index is -0.623. The molecule has 0 aromatic carbocycles. The molecule has 112 valence electrons. The van der Waals surface area contributed by atoms with Crippen LogP contribution < -0.4 is 0 Å². The van der Waals surface area contributed by atoms with E-state index in [-0.39, 0.29) is 18.5 Å². The molecule has 1 fully saturated rings. The zero-order valence-electron chi connectivity index (χ0n) is 12.2. The lowest BCUT2D eigenvalue weighted by molar-refractivity contribution is -0.139. The number of esters is 1. The lowest BCUT2D eigenvalue weighted by Crippen LogP contribution is -2.17. The number of rotatable bonds is 4. The molecule has 0 aliphatic heterocycles. The molecule has 2 atom stereocenters. The van der Waals surface area contributed by atoms with Crippen LogP contribution in [-0.2, 0) is 9.53 Å². The van der Waals surface area contributed by atoms with Gasteiger partial charge in [0.1, 0.15) is 0 Å². The first-order valence-electron chi connectivity index (χ1n) is 7.17. The van der Waals surface area contributed by atoms with Crippen LogP contribution in [0.15, 0.2) is 10.6 Å². The number of hydrogen-bond acceptors (Lipinski definition) is 3. The van der Waals surface area contributed by atoms with E-state index in [1.54, 1.807) is 0 Å². The summed E-state index contributed by atoms with van der Waals surface area (Å²) in [5, 5.41) is 10.2. The summed E-state index contributed by atoms with van der Waals surface area (Å²) in [6.45, 7) is 3.29. The fourth-order valence-electron chi connectivity index (χ4n) is 2.28. The van der Waals surface area contributed by atoms with Gasteiger partial charge in [-0.1, -0.05) is 53.1 Å². The number of carbonyl (C=O) groups is 1. The molecule has 0 spiro atoms. The number of aliphatic hydroxyl groups excluding tert-OH is 1. The van der Waals surface area contributed by atoms with Gasteiger partial charge in [-0.05, 0) is 25.7 Å². The van der Waals surface area contributed by atoms with Crippen LogP contribution in [0.3, 0.4) is 0 Å². The second-order valence-corrected chi connectivity index (χ2v) is 6.20. The summed E-state index contributed by atoms with van der Waals surface area (Å²) < 4.78 is 5.55. The molecule has 3 nitrogen and oxygen atoms in total. The van der Waals surface area contributed by atoms with Gasteiger partial charge in [0, 0.05) is 17.3 Å². The highest BCUT2D eigenvalue weighted by Crippen LogP contribution is 2.28. The Morgan fingerprint density at radius 1 is 1.45 bits per heavy atom. The number of halogens is 1. The highest BCUT2D eigenvalue weighted by atomic mass is 79.9. The molecule has 0 amide bonds. The van der Waals surface area contributed by atoms with E-state index in [0.29, 0.717) is 5.92 Å². The Morgan fingerprint density at radius 3 is 2.70 bits per heavy atom. The molecule has 20 heavy (non-hydrogen) atoms. The SMILES string of the molecule is CC(=O)OCC#C[C@@H](C)C(O)/C(Br)=C/C1CCCCC1. The fourth-order valence-corrected chi connectivity index (χ4v) is 3.05. The number of ether oxygens (including phenoxy) is 1. The normalized spacial score (nSPS) is 19.7. The summed E-state index contributed by atoms with van der Waals surface area (Å²) in [5.74, 6) is 5.69. The molecule has 1 saturated carbocycles. The van der Waals surface area contributed by atoms with Crippen LogP contribution in [0.4, 0.5) is 0 Å². The van der Waals surface area contributed by atoms with Crippen LogP contribution in [-0.4, -0.2) is 23.8 Å². The second-order valence-electron chi connectivity index (χ2n) is 5.28. The maximum atomic E-state index is 10.6. The maximum Gasteiger partial charge on any atom is 0.303 e. The molecule has 1 unspecified atom stereocenters. The smallest absolute Gasteiger partial charge is 0.303 e. The highest BCUT2D eigenvalue weighted by Gasteiger charge is 2.18. The van der Waals surface area contributed by atoms with Gasteiger partial charge in [-0.25, -0.2) is 0 Å². The number of hydrogen-bond donors (Lipinski definition) is 1. The fraction of sp³-hybridized carbons (Fsp3) is 0.688. The van der Waals surface area contributed by atoms with Crippen molar-refractivity contribution in [1.82, 2.24) is 0 Å². The van der Waals surface area contributed by atoms with E-state index in [4.69, 9.17) is 4.74 Å². The van der Waals surface area contributed by atoms with Gasteiger partial charge in [-0.2, -0.15) is 0 Å². The van der Waals surface area contributed by atoms with Gasteiger partial charge < -0.3 is 9.84 Å². The Morgan fingerprint density at radius 2 is 2.10 bits per heavy atom. The van der Waals surface area contributed by atoms with Gasteiger partial charge in [0.15, 0.2) is 6.61 Å². The quantitative estimate of drug-likeness (QED) is 0.629. The first-order chi connectivity index (χ1) is 9.50. The zero-order chi connectivity index (χ0) is 15.0. The van der Waals surface area contributed by atoms with E-state index < -0.39 is 6.10 Å². The zero-order valence-corrected chi connectivity index (χ0v) is 13.8. The summed E-state index contributed by atoms with van der Waals surface area (Å²) in [6, 6.07) is 0. The summed E-state index contributed by atoms with van der Waals surface area (Å²) in [5.41, 5.74) is 0. The van der Waals surface area contributed by atoms with Crippen LogP contribution in [0.2, 0.25) is 0 Å². The van der Waals surface area contributed by atoms with Crippen LogP contribution in [0.25, 0.3) is 0 Å². The predicted octanol–water partition coefficient (Wildman–Crippen LogP) is 3.41. The van der Waals surface area contributed by atoms with Gasteiger partial charge in [0.05, 0.1) is 6.10 Å². The summed E-state index contributed by atoms with van der Waals surface area (Å²) in [6.07, 6.45) is 7.78. The van der Waals surface area contributed by atoms with E-state index in [1.807, 2.05) is 6.92 Å². The van der Waals surface area contributed by atoms with Gasteiger partial charge >= 0.3 is 5.97 Å². The molecule has 0 heterocycles. The van der Waals surface area contributed by atoms with Crippen molar-refractivity contribution in [2.24, 2.45) is 11.8 Å². The first-order valence-corrected chi connectivity index (χ1v) is 7.97. The minimum Gasteiger partial charge on any atom is -0.453 e. The van der Waals surface area contributed by atoms with Crippen molar-refractivity contribution in [3.8, 4) is 11.8 Å².